The second-order valence-corrected chi connectivity index (χ2v) is 10.7. The molecule has 0 radical (unpaired) electrons. The Balaban J connectivity index is 1.37. The molecule has 0 aliphatic carbocycles. The Bertz CT molecular complexity index is 1280. The number of likely N-dealkylation sites (tertiary alicyclic amines) is 1. The number of piperidine rings is 1. The molecule has 0 bridgehead atoms. The van der Waals surface area contributed by atoms with Crippen molar-refractivity contribution < 1.29 is 27.1 Å². The van der Waals surface area contributed by atoms with Crippen LogP contribution < -0.4 is 10.1 Å². The van der Waals surface area contributed by atoms with Crippen molar-refractivity contribution in [2.75, 3.05) is 19.6 Å². The molecule has 1 fully saturated rings. The van der Waals surface area contributed by atoms with Crippen molar-refractivity contribution in [1.29, 1.82) is 0 Å². The number of hydrogen-bond acceptors (Lipinski definition) is 4. The highest BCUT2D eigenvalue weighted by atomic mass is 35.5. The van der Waals surface area contributed by atoms with Gasteiger partial charge in [0.2, 0.25) is 0 Å². The van der Waals surface area contributed by atoms with Gasteiger partial charge >= 0.3 is 6.18 Å². The summed E-state index contributed by atoms with van der Waals surface area (Å²) in [5, 5.41) is 3.22. The zero-order valence-corrected chi connectivity index (χ0v) is 23.2. The van der Waals surface area contributed by atoms with E-state index in [2.05, 4.69) is 22.1 Å². The summed E-state index contributed by atoms with van der Waals surface area (Å²) in [5.41, 5.74) is 0.0734. The third-order valence-corrected chi connectivity index (χ3v) is 7.75. The topological polar surface area (TPSA) is 54.5 Å². The van der Waals surface area contributed by atoms with E-state index in [9.17, 15) is 22.4 Å². The van der Waals surface area contributed by atoms with Gasteiger partial charge in [-0.2, -0.15) is 13.2 Å². The monoisotopic (exact) mass is 597 g/mol. The van der Waals surface area contributed by atoms with E-state index in [4.69, 9.17) is 27.9 Å². The van der Waals surface area contributed by atoms with E-state index >= 15 is 0 Å². The van der Waals surface area contributed by atoms with Gasteiger partial charge in [0, 0.05) is 37.0 Å². The highest BCUT2D eigenvalue weighted by molar-refractivity contribution is 6.39. The highest BCUT2D eigenvalue weighted by Crippen LogP contribution is 2.37. The maximum Gasteiger partial charge on any atom is 0.416 e. The van der Waals surface area contributed by atoms with Gasteiger partial charge in [-0.25, -0.2) is 4.39 Å². The summed E-state index contributed by atoms with van der Waals surface area (Å²) in [6.07, 6.45) is -0.0694. The number of aromatic nitrogens is 1. The lowest BCUT2D eigenvalue weighted by Crippen LogP contribution is -2.43. The van der Waals surface area contributed by atoms with Crippen LogP contribution in [0.3, 0.4) is 0 Å². The number of hydrogen-bond donors (Lipinski definition) is 1. The van der Waals surface area contributed by atoms with Crippen molar-refractivity contribution in [2.45, 2.75) is 44.5 Å². The van der Waals surface area contributed by atoms with Gasteiger partial charge in [-0.1, -0.05) is 41.4 Å². The number of ether oxygens (including phenoxy) is 1. The van der Waals surface area contributed by atoms with Crippen LogP contribution in [0.2, 0.25) is 10.0 Å². The molecule has 1 aromatic heterocycles. The maximum atomic E-state index is 13.8. The molecular formula is C29H29Cl2F4N3O2. The lowest BCUT2D eigenvalue weighted by molar-refractivity contribution is -0.137. The zero-order chi connectivity index (χ0) is 28.9. The molecule has 3 aromatic rings. The van der Waals surface area contributed by atoms with Gasteiger partial charge < -0.3 is 15.0 Å². The number of carbonyl (C=O) groups excluding carboxylic acids is 1. The third kappa shape index (κ3) is 7.65. The Kier molecular flexibility index (Phi) is 9.92. The molecule has 0 spiro atoms. The highest BCUT2D eigenvalue weighted by Gasteiger charge is 2.33. The molecule has 5 nitrogen and oxygen atoms in total. The summed E-state index contributed by atoms with van der Waals surface area (Å²) in [7, 11) is 0. The Labute approximate surface area is 240 Å². The minimum absolute atomic E-state index is 0.0131. The van der Waals surface area contributed by atoms with Crippen molar-refractivity contribution in [2.24, 2.45) is 5.92 Å². The van der Waals surface area contributed by atoms with Crippen molar-refractivity contribution >= 4 is 29.1 Å². The van der Waals surface area contributed by atoms with Crippen LogP contribution in [0.1, 0.15) is 53.8 Å². The van der Waals surface area contributed by atoms with Gasteiger partial charge in [0.15, 0.2) is 0 Å². The van der Waals surface area contributed by atoms with Crippen LogP contribution in [0.4, 0.5) is 17.6 Å². The molecule has 40 heavy (non-hydrogen) atoms. The average molecular weight is 598 g/mol. The van der Waals surface area contributed by atoms with E-state index in [1.165, 1.54) is 42.7 Å². The number of amides is 1. The number of alkyl halides is 3. The largest absolute Gasteiger partial charge is 0.485 e. The molecule has 1 N–H and O–H groups in total. The fourth-order valence-electron chi connectivity index (χ4n) is 4.94. The minimum Gasteiger partial charge on any atom is -0.485 e. The Morgan fingerprint density at radius 2 is 1.75 bits per heavy atom. The minimum atomic E-state index is -4.44. The second kappa shape index (κ2) is 13.2. The normalized spacial score (nSPS) is 16.4. The maximum absolute atomic E-state index is 13.8. The molecule has 1 aliphatic heterocycles. The molecule has 1 saturated heterocycles. The number of carbonyl (C=O) groups is 1. The molecular weight excluding hydrogens is 569 g/mol. The van der Waals surface area contributed by atoms with Crippen LogP contribution in [0.5, 0.6) is 5.75 Å². The molecule has 4 rings (SSSR count). The smallest absolute Gasteiger partial charge is 0.416 e. The van der Waals surface area contributed by atoms with Crippen molar-refractivity contribution in [3.8, 4) is 5.75 Å². The summed E-state index contributed by atoms with van der Waals surface area (Å²) >= 11 is 12.1. The van der Waals surface area contributed by atoms with E-state index in [-0.39, 0.29) is 33.5 Å². The van der Waals surface area contributed by atoms with E-state index in [1.807, 2.05) is 0 Å². The molecule has 214 valence electrons. The first-order valence-electron chi connectivity index (χ1n) is 12.9. The van der Waals surface area contributed by atoms with Gasteiger partial charge in [-0.15, -0.1) is 0 Å². The third-order valence-electron chi connectivity index (χ3n) is 7.18. The van der Waals surface area contributed by atoms with Crippen LogP contribution in [-0.4, -0.2) is 41.5 Å². The fourth-order valence-corrected chi connectivity index (χ4v) is 5.48. The molecule has 1 aliphatic rings. The van der Waals surface area contributed by atoms with E-state index < -0.39 is 23.7 Å². The molecule has 2 heterocycles. The number of pyridine rings is 1. The molecule has 1 amide bonds. The number of halogens is 6. The quantitative estimate of drug-likeness (QED) is 0.258. The standard InChI is InChI=1S/C29H29Cl2F4N3O2/c1-18(9-12-37-28(39)26-24(30)16-36-17-25(26)31)38-13-10-20(11-14-38)27(40-23-4-2-3-22(32)15-23)19-5-7-21(8-6-19)29(33,34)35/h2-8,15-18,20,27H,9-14H2,1H3,(H,37,39). The first-order chi connectivity index (χ1) is 19.0. The Hall–Kier alpha value is -2.88. The number of nitrogens with zero attached hydrogens (tertiary/aromatic N) is 2. The van der Waals surface area contributed by atoms with Gasteiger partial charge in [0.05, 0.1) is 21.2 Å². The lowest BCUT2D eigenvalue weighted by atomic mass is 9.86. The van der Waals surface area contributed by atoms with Crippen LogP contribution in [0.15, 0.2) is 60.9 Å². The number of benzene rings is 2. The summed E-state index contributed by atoms with van der Waals surface area (Å²) in [6.45, 7) is 3.98. The van der Waals surface area contributed by atoms with Crippen molar-refractivity contribution in [3.63, 3.8) is 0 Å². The van der Waals surface area contributed by atoms with Gasteiger partial charge in [0.25, 0.3) is 5.91 Å². The van der Waals surface area contributed by atoms with Crippen LogP contribution in [0, 0.1) is 11.7 Å². The van der Waals surface area contributed by atoms with E-state index in [0.717, 1.165) is 38.1 Å². The summed E-state index contributed by atoms with van der Waals surface area (Å²) in [5.74, 6) is -0.477. The van der Waals surface area contributed by atoms with Crippen molar-refractivity contribution in [3.05, 3.63) is 93.5 Å². The van der Waals surface area contributed by atoms with Crippen LogP contribution in [-0.2, 0) is 6.18 Å². The molecule has 2 atom stereocenters. The fraction of sp³-hybridized carbons (Fsp3) is 0.379. The predicted octanol–water partition coefficient (Wildman–Crippen LogP) is 7.59. The van der Waals surface area contributed by atoms with Crippen molar-refractivity contribution in [1.82, 2.24) is 15.2 Å². The molecule has 11 heteroatoms. The summed E-state index contributed by atoms with van der Waals surface area (Å²) < 4.78 is 59.4. The van der Waals surface area contributed by atoms with E-state index in [0.29, 0.717) is 24.3 Å². The number of nitrogens with one attached hydrogen (secondary N) is 1. The van der Waals surface area contributed by atoms with E-state index in [1.54, 1.807) is 6.07 Å². The predicted molar refractivity (Wildman–Crippen MR) is 146 cm³/mol. The Morgan fingerprint density at radius 3 is 2.35 bits per heavy atom. The first-order valence-corrected chi connectivity index (χ1v) is 13.7. The van der Waals surface area contributed by atoms with Gasteiger partial charge in [-0.05, 0) is 69.1 Å². The number of rotatable bonds is 9. The SMILES string of the molecule is CC(CCNC(=O)c1c(Cl)cncc1Cl)N1CCC(C(Oc2cccc(F)c2)c2ccc(C(F)(F)F)cc2)CC1. The molecule has 2 unspecified atom stereocenters. The summed E-state index contributed by atoms with van der Waals surface area (Å²) in [4.78, 5) is 18.7. The Morgan fingerprint density at radius 1 is 1.10 bits per heavy atom. The lowest BCUT2D eigenvalue weighted by Gasteiger charge is -2.39. The molecule has 0 saturated carbocycles. The zero-order valence-electron chi connectivity index (χ0n) is 21.7. The first kappa shape index (κ1) is 30.1. The van der Waals surface area contributed by atoms with Gasteiger partial charge in [0.1, 0.15) is 17.7 Å². The van der Waals surface area contributed by atoms with Gasteiger partial charge in [-0.3, -0.25) is 9.78 Å². The van der Waals surface area contributed by atoms with Crippen LogP contribution >= 0.6 is 23.2 Å². The average Bonchev–Trinajstić information content (AvgIpc) is 2.91. The van der Waals surface area contributed by atoms with Crippen LogP contribution in [0.25, 0.3) is 0 Å². The summed E-state index contributed by atoms with van der Waals surface area (Å²) in [6, 6.07) is 10.9. The molecule has 2 aromatic carbocycles. The second-order valence-electron chi connectivity index (χ2n) is 9.86.